The number of rotatable bonds is 8. The van der Waals surface area contributed by atoms with E-state index < -0.39 is 11.7 Å². The lowest BCUT2D eigenvalue weighted by Gasteiger charge is -2.19. The lowest BCUT2D eigenvalue weighted by molar-refractivity contribution is 0.0544. The summed E-state index contributed by atoms with van der Waals surface area (Å²) in [6.07, 6.45) is 3.10. The molecule has 14 heteroatoms. The Hall–Kier alpha value is -7.71. The zero-order chi connectivity index (χ0) is 41.8. The van der Waals surface area contributed by atoms with Gasteiger partial charge in [-0.3, -0.25) is 4.57 Å². The van der Waals surface area contributed by atoms with Crippen LogP contribution < -0.4 is 9.47 Å². The van der Waals surface area contributed by atoms with E-state index in [1.165, 1.54) is 4.57 Å². The number of aromatic nitrogens is 6. The van der Waals surface area contributed by atoms with Crippen molar-refractivity contribution in [2.24, 2.45) is 0 Å². The van der Waals surface area contributed by atoms with Gasteiger partial charge in [0.15, 0.2) is 0 Å². The number of fused-ring (bicyclic) bond motifs is 2. The number of hydrogen-bond donors (Lipinski definition) is 1. The fourth-order valence-electron chi connectivity index (χ4n) is 6.04. The van der Waals surface area contributed by atoms with Crippen molar-refractivity contribution in [1.29, 1.82) is 0 Å². The van der Waals surface area contributed by atoms with Crippen molar-refractivity contribution in [2.75, 3.05) is 0 Å². The van der Waals surface area contributed by atoms with Gasteiger partial charge in [-0.2, -0.15) is 9.97 Å². The highest BCUT2D eigenvalue weighted by atomic mass is 16.6. The molecular weight excluding hydrogens is 749 g/mol. The van der Waals surface area contributed by atoms with Crippen LogP contribution in [0.15, 0.2) is 106 Å². The fraction of sp³-hybridized carbons (Fsp3) is 0.222. The van der Waals surface area contributed by atoms with Gasteiger partial charge < -0.3 is 28.2 Å². The molecule has 0 radical (unpaired) electrons. The van der Waals surface area contributed by atoms with Crippen molar-refractivity contribution in [1.82, 2.24) is 29.8 Å². The van der Waals surface area contributed by atoms with E-state index in [1.54, 1.807) is 36.5 Å². The average molecular weight is 789 g/mol. The zero-order valence-corrected chi connectivity index (χ0v) is 33.5. The SMILES string of the molecule is [C-]#[N+]c1cc(-c2nc(-c3ccc4[nH]ccc4c3)no2)ccc1OC(C)C.[C-]#[N+]c1cc(-c2nc(-c3ccc4c(ccn4C(=O)OC(C)(C)C)c3)no2)ccc1OC(C)C. The molecule has 0 saturated carbocycles. The number of carbonyl (C=O) groups is 1. The normalized spacial score (nSPS) is 11.3. The highest BCUT2D eigenvalue weighted by Crippen LogP contribution is 2.36. The average Bonchev–Trinajstić information content (AvgIpc) is 4.04. The second-order valence-corrected chi connectivity index (χ2v) is 15.0. The third-order valence-corrected chi connectivity index (χ3v) is 8.58. The Kier molecular flexibility index (Phi) is 11.0. The quantitative estimate of drug-likeness (QED) is 0.147. The second kappa shape index (κ2) is 16.4. The fourth-order valence-corrected chi connectivity index (χ4v) is 6.04. The van der Waals surface area contributed by atoms with E-state index in [1.807, 2.05) is 109 Å². The van der Waals surface area contributed by atoms with E-state index >= 15 is 0 Å². The van der Waals surface area contributed by atoms with Crippen LogP contribution >= 0.6 is 0 Å². The molecule has 0 bridgehead atoms. The molecule has 0 amide bonds. The molecule has 1 N–H and O–H groups in total. The number of hydrogen-bond acceptors (Lipinski definition) is 10. The van der Waals surface area contributed by atoms with Crippen LogP contribution in [-0.4, -0.2) is 53.7 Å². The van der Waals surface area contributed by atoms with E-state index in [0.29, 0.717) is 57.4 Å². The number of H-pyrrole nitrogens is 1. The van der Waals surface area contributed by atoms with E-state index in [9.17, 15) is 4.79 Å². The van der Waals surface area contributed by atoms with Gasteiger partial charge in [-0.05, 0) is 133 Å². The molecule has 0 saturated heterocycles. The molecule has 0 spiro atoms. The monoisotopic (exact) mass is 788 g/mol. The summed E-state index contributed by atoms with van der Waals surface area (Å²) < 4.78 is 29.1. The van der Waals surface area contributed by atoms with Crippen LogP contribution in [0.1, 0.15) is 48.5 Å². The van der Waals surface area contributed by atoms with Gasteiger partial charge in [0.2, 0.25) is 23.0 Å². The smallest absolute Gasteiger partial charge is 0.418 e. The number of carbonyl (C=O) groups excluding carboxylic acids is 1. The molecule has 4 aromatic carbocycles. The van der Waals surface area contributed by atoms with Crippen molar-refractivity contribution >= 4 is 39.3 Å². The third-order valence-electron chi connectivity index (χ3n) is 8.58. The Balaban J connectivity index is 0.000000184. The molecule has 0 aliphatic carbocycles. The molecule has 8 aromatic rings. The van der Waals surface area contributed by atoms with Gasteiger partial charge in [-0.1, -0.05) is 10.3 Å². The number of benzene rings is 4. The summed E-state index contributed by atoms with van der Waals surface area (Å²) in [5, 5.41) is 10.1. The molecule has 296 valence electrons. The van der Waals surface area contributed by atoms with Gasteiger partial charge in [0, 0.05) is 50.9 Å². The highest BCUT2D eigenvalue weighted by Gasteiger charge is 2.20. The van der Waals surface area contributed by atoms with E-state index in [0.717, 1.165) is 32.9 Å². The predicted molar refractivity (Wildman–Crippen MR) is 223 cm³/mol. The molecular formula is C45H40N8O6. The first-order valence-corrected chi connectivity index (χ1v) is 18.8. The van der Waals surface area contributed by atoms with Gasteiger partial charge in [0.1, 0.15) is 17.1 Å². The molecule has 4 heterocycles. The predicted octanol–water partition coefficient (Wildman–Crippen LogP) is 11.7. The molecule has 0 aliphatic heterocycles. The first-order chi connectivity index (χ1) is 28.3. The molecule has 0 unspecified atom stereocenters. The van der Waals surface area contributed by atoms with Crippen LogP contribution in [0.2, 0.25) is 0 Å². The Labute approximate surface area is 340 Å². The van der Waals surface area contributed by atoms with Crippen LogP contribution in [0.3, 0.4) is 0 Å². The number of nitrogens with zero attached hydrogens (tertiary/aromatic N) is 7. The first kappa shape index (κ1) is 39.5. The second-order valence-electron chi connectivity index (χ2n) is 15.0. The minimum Gasteiger partial charge on any atom is -0.502 e. The van der Waals surface area contributed by atoms with Gasteiger partial charge in [0.25, 0.3) is 11.8 Å². The van der Waals surface area contributed by atoms with Gasteiger partial charge in [-0.25, -0.2) is 14.5 Å². The number of aromatic amines is 1. The topological polar surface area (TPSA) is 152 Å². The molecule has 0 aliphatic rings. The largest absolute Gasteiger partial charge is 0.502 e. The standard InChI is InChI=1S/C25H24N4O4.C20H16N4O2/c1-15(2)31-21-10-8-18(14-19(21)26-6)23-27-22(28-33-23)17-7-9-20-16(13-17)11-12-29(20)24(30)32-25(3,4)5;1-12(2)25-18-7-5-15(11-17(18)21-3)20-23-19(24-26-20)14-4-6-16-13(10-14)8-9-22-16/h7-15H,1-5H3;4-12,22H,1-2H3. The van der Waals surface area contributed by atoms with Crippen molar-refractivity contribution in [3.05, 3.63) is 120 Å². The Bertz CT molecular complexity index is 2880. The Morgan fingerprint density at radius 2 is 1.22 bits per heavy atom. The van der Waals surface area contributed by atoms with Crippen molar-refractivity contribution in [3.8, 4) is 57.2 Å². The van der Waals surface area contributed by atoms with E-state index in [2.05, 4.69) is 35.0 Å². The molecule has 8 rings (SSSR count). The van der Waals surface area contributed by atoms with Crippen LogP contribution in [0.4, 0.5) is 16.2 Å². The van der Waals surface area contributed by atoms with Crippen molar-refractivity contribution in [3.63, 3.8) is 0 Å². The molecule has 0 atom stereocenters. The van der Waals surface area contributed by atoms with E-state index in [4.69, 9.17) is 36.4 Å². The van der Waals surface area contributed by atoms with Gasteiger partial charge in [-0.15, -0.1) is 0 Å². The van der Waals surface area contributed by atoms with Crippen LogP contribution in [-0.2, 0) is 4.74 Å². The summed E-state index contributed by atoms with van der Waals surface area (Å²) >= 11 is 0. The molecule has 59 heavy (non-hydrogen) atoms. The summed E-state index contributed by atoms with van der Waals surface area (Å²) in [6.45, 7) is 27.9. The van der Waals surface area contributed by atoms with Crippen molar-refractivity contribution < 1.29 is 28.1 Å². The summed E-state index contributed by atoms with van der Waals surface area (Å²) in [4.78, 5) is 31.7. The lowest BCUT2D eigenvalue weighted by Crippen LogP contribution is -2.26. The number of ether oxygens (including phenoxy) is 3. The zero-order valence-electron chi connectivity index (χ0n) is 33.5. The summed E-state index contributed by atoms with van der Waals surface area (Å²) in [5.74, 6) is 2.66. The molecule has 0 fully saturated rings. The number of nitrogens with one attached hydrogen (secondary N) is 1. The maximum atomic E-state index is 12.5. The van der Waals surface area contributed by atoms with E-state index in [-0.39, 0.29) is 12.2 Å². The van der Waals surface area contributed by atoms with Crippen LogP contribution in [0, 0.1) is 13.1 Å². The van der Waals surface area contributed by atoms with Gasteiger partial charge >= 0.3 is 6.09 Å². The highest BCUT2D eigenvalue weighted by molar-refractivity contribution is 5.92. The third kappa shape index (κ3) is 8.98. The minimum absolute atomic E-state index is 0.000273. The van der Waals surface area contributed by atoms with Crippen LogP contribution in [0.25, 0.3) is 77.2 Å². The molecule has 4 aromatic heterocycles. The maximum absolute atomic E-state index is 12.5. The van der Waals surface area contributed by atoms with Gasteiger partial charge in [0.05, 0.1) is 30.9 Å². The first-order valence-electron chi connectivity index (χ1n) is 18.8. The maximum Gasteiger partial charge on any atom is 0.418 e. The van der Waals surface area contributed by atoms with Crippen LogP contribution in [0.5, 0.6) is 11.5 Å². The summed E-state index contributed by atoms with van der Waals surface area (Å²) in [5.41, 5.74) is 4.93. The Morgan fingerprint density at radius 1 is 0.695 bits per heavy atom. The Morgan fingerprint density at radius 3 is 1.75 bits per heavy atom. The summed E-state index contributed by atoms with van der Waals surface area (Å²) in [6, 6.07) is 25.8. The summed E-state index contributed by atoms with van der Waals surface area (Å²) in [7, 11) is 0. The minimum atomic E-state index is -0.582. The lowest BCUT2D eigenvalue weighted by atomic mass is 10.1. The van der Waals surface area contributed by atoms with Crippen molar-refractivity contribution in [2.45, 2.75) is 66.3 Å². The molecule has 14 nitrogen and oxygen atoms in total.